The van der Waals surface area contributed by atoms with Crippen molar-refractivity contribution in [3.63, 3.8) is 0 Å². The molecule has 0 aliphatic heterocycles. The minimum Gasteiger partial charge on any atom is -0.414 e. The van der Waals surface area contributed by atoms with Gasteiger partial charge >= 0.3 is 6.80 Å². The van der Waals surface area contributed by atoms with Crippen molar-refractivity contribution in [1.29, 1.82) is 0 Å². The highest BCUT2D eigenvalue weighted by Gasteiger charge is 2.27. The van der Waals surface area contributed by atoms with E-state index in [0.717, 1.165) is 12.1 Å². The topological polar surface area (TPSA) is 53.4 Å². The van der Waals surface area contributed by atoms with Crippen LogP contribution in [0.5, 0.6) is 5.75 Å². The summed E-state index contributed by atoms with van der Waals surface area (Å²) in [5.41, 5.74) is 0.840. The van der Waals surface area contributed by atoms with Gasteiger partial charge in [0.15, 0.2) is 5.75 Å². The fourth-order valence-electron chi connectivity index (χ4n) is 1.67. The Kier molecular flexibility index (Phi) is 6.38. The third-order valence-corrected chi connectivity index (χ3v) is 6.81. The van der Waals surface area contributed by atoms with Crippen LogP contribution < -0.4 is 4.52 Å². The predicted octanol–water partition coefficient (Wildman–Crippen LogP) is 5.19. The van der Waals surface area contributed by atoms with E-state index in [4.69, 9.17) is 20.6 Å². The molecule has 8 heteroatoms. The molecule has 0 bridgehead atoms. The van der Waals surface area contributed by atoms with Crippen molar-refractivity contribution in [3.8, 4) is 11.4 Å². The van der Waals surface area contributed by atoms with Gasteiger partial charge in [0, 0.05) is 10.8 Å². The molecule has 0 aliphatic rings. The van der Waals surface area contributed by atoms with E-state index in [1.165, 1.54) is 17.6 Å². The minimum atomic E-state index is -3.20. The Labute approximate surface area is 139 Å². The van der Waals surface area contributed by atoms with Gasteiger partial charge in [-0.25, -0.2) is 9.25 Å². The Balaban J connectivity index is 2.12. The third-order valence-electron chi connectivity index (χ3n) is 2.61. The van der Waals surface area contributed by atoms with Crippen LogP contribution in [0.1, 0.15) is 20.3 Å². The average Bonchev–Trinajstić information content (AvgIpc) is 2.94. The Morgan fingerprint density at radius 2 is 2.05 bits per heavy atom. The fourth-order valence-corrected chi connectivity index (χ4v) is 5.22. The van der Waals surface area contributed by atoms with Crippen LogP contribution in [0.4, 0.5) is 0 Å². The summed E-state index contributed by atoms with van der Waals surface area (Å²) >= 11 is 7.07. The molecule has 0 spiro atoms. The molecule has 1 atom stereocenters. The highest BCUT2D eigenvalue weighted by molar-refractivity contribution is 8.55. The molecule has 1 aromatic carbocycles. The first-order chi connectivity index (χ1) is 10.6. The molecule has 120 valence electrons. The van der Waals surface area contributed by atoms with Gasteiger partial charge in [0.2, 0.25) is 0 Å². The normalized spacial score (nSPS) is 13.8. The Morgan fingerprint density at radius 1 is 1.32 bits per heavy atom. The van der Waals surface area contributed by atoms with Crippen molar-refractivity contribution >= 4 is 29.8 Å². The number of rotatable bonds is 8. The molecule has 5 nitrogen and oxygen atoms in total. The molecule has 2 rings (SSSR count). The Hall–Kier alpha value is -0.940. The number of aromatic nitrogens is 2. The summed E-state index contributed by atoms with van der Waals surface area (Å²) in [6, 6.07) is 7.24. The average molecular weight is 361 g/mol. The van der Waals surface area contributed by atoms with Crippen molar-refractivity contribution in [2.24, 2.45) is 0 Å². The molecule has 1 aromatic heterocycles. The largest absolute Gasteiger partial charge is 0.440 e. The van der Waals surface area contributed by atoms with Gasteiger partial charge < -0.3 is 4.52 Å². The number of halogens is 1. The Bertz CT molecular complexity index is 648. The standard InChI is InChI=1S/C14H18ClN2O3PS/c1-3-9-22-21(18,19-4-2)20-14-10-16-17(11-14)13-7-5-12(15)6-8-13/h5-8,10-11H,3-4,9H2,1-2H3/t21-/m0/s1. The highest BCUT2D eigenvalue weighted by atomic mass is 35.5. The van der Waals surface area contributed by atoms with Gasteiger partial charge in [-0.05, 0) is 49.0 Å². The van der Waals surface area contributed by atoms with Crippen LogP contribution >= 0.6 is 29.8 Å². The van der Waals surface area contributed by atoms with Crippen LogP contribution in [0.15, 0.2) is 36.7 Å². The van der Waals surface area contributed by atoms with Crippen LogP contribution in [0.2, 0.25) is 5.02 Å². The summed E-state index contributed by atoms with van der Waals surface area (Å²) in [4.78, 5) is 0. The van der Waals surface area contributed by atoms with Crippen molar-refractivity contribution in [2.45, 2.75) is 20.3 Å². The van der Waals surface area contributed by atoms with Gasteiger partial charge in [-0.2, -0.15) is 5.10 Å². The highest BCUT2D eigenvalue weighted by Crippen LogP contribution is 2.60. The number of benzene rings is 1. The van der Waals surface area contributed by atoms with Crippen LogP contribution in [0.3, 0.4) is 0 Å². The van der Waals surface area contributed by atoms with Gasteiger partial charge in [-0.3, -0.25) is 4.52 Å². The van der Waals surface area contributed by atoms with E-state index >= 15 is 0 Å². The molecule has 0 aliphatic carbocycles. The maximum Gasteiger partial charge on any atom is 0.440 e. The zero-order chi connectivity index (χ0) is 16.0. The molecule has 0 amide bonds. The third kappa shape index (κ3) is 4.78. The summed E-state index contributed by atoms with van der Waals surface area (Å²) < 4.78 is 25.1. The van der Waals surface area contributed by atoms with E-state index in [1.807, 2.05) is 19.1 Å². The monoisotopic (exact) mass is 360 g/mol. The van der Waals surface area contributed by atoms with Crippen molar-refractivity contribution in [2.75, 3.05) is 12.4 Å². The number of hydrogen-bond donors (Lipinski definition) is 0. The van der Waals surface area contributed by atoms with Crippen LogP contribution in [-0.4, -0.2) is 22.1 Å². The molecule has 0 radical (unpaired) electrons. The number of hydrogen-bond acceptors (Lipinski definition) is 5. The first kappa shape index (κ1) is 17.4. The molecule has 0 fully saturated rings. The zero-order valence-electron chi connectivity index (χ0n) is 12.4. The van der Waals surface area contributed by atoms with Crippen molar-refractivity contribution in [3.05, 3.63) is 41.7 Å². The number of nitrogens with zero attached hydrogens (tertiary/aromatic N) is 2. The van der Waals surface area contributed by atoms with Crippen molar-refractivity contribution < 1.29 is 13.6 Å². The van der Waals surface area contributed by atoms with E-state index in [9.17, 15) is 4.57 Å². The molecule has 0 saturated heterocycles. The molecule has 2 aromatic rings. The lowest BCUT2D eigenvalue weighted by Crippen LogP contribution is -1.96. The smallest absolute Gasteiger partial charge is 0.414 e. The van der Waals surface area contributed by atoms with Crippen LogP contribution in [0, 0.1) is 0 Å². The maximum absolute atomic E-state index is 12.6. The summed E-state index contributed by atoms with van der Waals surface area (Å²) in [5, 5.41) is 4.86. The zero-order valence-corrected chi connectivity index (χ0v) is 14.9. The molecule has 0 saturated carbocycles. The van der Waals surface area contributed by atoms with Gasteiger partial charge in [0.25, 0.3) is 0 Å². The first-order valence-electron chi connectivity index (χ1n) is 6.95. The van der Waals surface area contributed by atoms with Gasteiger partial charge in [-0.15, -0.1) is 0 Å². The van der Waals surface area contributed by atoms with E-state index < -0.39 is 6.80 Å². The molecule has 0 unspecified atom stereocenters. The van der Waals surface area contributed by atoms with E-state index in [-0.39, 0.29) is 0 Å². The lowest BCUT2D eigenvalue weighted by molar-refractivity contribution is 0.296. The lowest BCUT2D eigenvalue weighted by atomic mass is 10.3. The fraction of sp³-hybridized carbons (Fsp3) is 0.357. The van der Waals surface area contributed by atoms with E-state index in [0.29, 0.717) is 23.1 Å². The minimum absolute atomic E-state index is 0.333. The van der Waals surface area contributed by atoms with E-state index in [1.54, 1.807) is 29.9 Å². The molecular formula is C14H18ClN2O3PS. The summed E-state index contributed by atoms with van der Waals surface area (Å²) in [6.07, 6.45) is 4.09. The SMILES string of the molecule is CCCS[P@@](=O)(OCC)Oc1cnn(-c2ccc(Cl)cc2)c1. The molecular weight excluding hydrogens is 343 g/mol. The maximum atomic E-state index is 12.6. The van der Waals surface area contributed by atoms with Crippen LogP contribution in [0.25, 0.3) is 5.69 Å². The van der Waals surface area contributed by atoms with Crippen LogP contribution in [-0.2, 0) is 9.09 Å². The van der Waals surface area contributed by atoms with Gasteiger partial charge in [-0.1, -0.05) is 18.5 Å². The molecule has 22 heavy (non-hydrogen) atoms. The second-order valence-corrected chi connectivity index (χ2v) is 8.94. The lowest BCUT2D eigenvalue weighted by Gasteiger charge is -2.15. The van der Waals surface area contributed by atoms with Crippen molar-refractivity contribution in [1.82, 2.24) is 9.78 Å². The Morgan fingerprint density at radius 3 is 2.68 bits per heavy atom. The van der Waals surface area contributed by atoms with Gasteiger partial charge in [0.1, 0.15) is 0 Å². The summed E-state index contributed by atoms with van der Waals surface area (Å²) in [6.45, 7) is 0.938. The second-order valence-electron chi connectivity index (χ2n) is 4.39. The molecule has 0 N–H and O–H groups in total. The predicted molar refractivity (Wildman–Crippen MR) is 91.2 cm³/mol. The summed E-state index contributed by atoms with van der Waals surface area (Å²) in [7, 11) is 0. The van der Waals surface area contributed by atoms with E-state index in [2.05, 4.69) is 5.10 Å². The quantitative estimate of drug-likeness (QED) is 0.606. The second kappa shape index (κ2) is 8.06. The van der Waals surface area contributed by atoms with Gasteiger partial charge in [0.05, 0.1) is 24.7 Å². The molecule has 1 heterocycles. The first-order valence-corrected chi connectivity index (χ1v) is 10.5. The summed E-state index contributed by atoms with van der Waals surface area (Å²) in [5.74, 6) is 1.12.